The van der Waals surface area contributed by atoms with Crippen LogP contribution >= 0.6 is 0 Å². The molecule has 0 saturated heterocycles. The Morgan fingerprint density at radius 1 is 0.338 bits per heavy atom. The van der Waals surface area contributed by atoms with Crippen LogP contribution in [0.2, 0.25) is 0 Å². The van der Waals surface area contributed by atoms with Gasteiger partial charge in [-0.15, -0.1) is 0 Å². The van der Waals surface area contributed by atoms with Crippen LogP contribution < -0.4 is 0 Å². The van der Waals surface area contributed by atoms with Gasteiger partial charge >= 0.3 is 0 Å². The smallest absolute Gasteiger partial charge is 0.164 e. The van der Waals surface area contributed by atoms with Crippen molar-refractivity contribution in [2.45, 2.75) is 5.41 Å². The van der Waals surface area contributed by atoms with Gasteiger partial charge in [0.2, 0.25) is 0 Å². The molecule has 0 saturated carbocycles. The fourth-order valence-electron chi connectivity index (χ4n) is 11.6. The Morgan fingerprint density at radius 2 is 0.845 bits per heavy atom. The molecule has 0 unspecified atom stereocenters. The molecular weight excluding hydrogens is 867 g/mol. The summed E-state index contributed by atoms with van der Waals surface area (Å²) in [6.45, 7) is 0. The van der Waals surface area contributed by atoms with E-state index in [0.29, 0.717) is 17.5 Å². The Balaban J connectivity index is 0.917. The second-order valence-corrected chi connectivity index (χ2v) is 18.5. The van der Waals surface area contributed by atoms with E-state index in [2.05, 4.69) is 193 Å². The third kappa shape index (κ3) is 5.82. The van der Waals surface area contributed by atoms with E-state index >= 15 is 0 Å². The number of fused-ring (bicyclic) bond motifs is 14. The maximum atomic E-state index is 6.47. The van der Waals surface area contributed by atoms with E-state index in [1.807, 2.05) is 48.5 Å². The number of aromatic nitrogens is 5. The molecule has 3 heterocycles. The molecule has 10 aromatic carbocycles. The molecule has 13 aromatic rings. The molecule has 0 fully saturated rings. The highest BCUT2D eigenvalue weighted by atomic mass is 16.3. The van der Waals surface area contributed by atoms with Crippen LogP contribution in [0.4, 0.5) is 0 Å². The minimum Gasteiger partial charge on any atom is -0.455 e. The maximum absolute atomic E-state index is 6.47. The largest absolute Gasteiger partial charge is 0.455 e. The summed E-state index contributed by atoms with van der Waals surface area (Å²) < 4.78 is 8.77. The molecule has 330 valence electrons. The molecule has 0 atom stereocenters. The zero-order chi connectivity index (χ0) is 46.6. The molecule has 3 aromatic heterocycles. The lowest BCUT2D eigenvalue weighted by atomic mass is 9.70. The second kappa shape index (κ2) is 15.2. The predicted octanol–water partition coefficient (Wildman–Crippen LogP) is 15.8. The fourth-order valence-corrected chi connectivity index (χ4v) is 11.6. The number of imidazole rings is 1. The number of rotatable bonds is 6. The first-order chi connectivity index (χ1) is 35.2. The quantitative estimate of drug-likeness (QED) is 0.166. The standard InChI is InChI=1S/C65H39N5O/c1-3-16-41(17-4-1)61-67-62(42-18-5-2-6-19-42)69-63(68-61)43-32-36-49-50-37-33-44(39-56(50)65(55(49)38-43)53-25-10-7-20-47(53)48-21-8-11-26-54(48)65)64-66-57-27-12-13-28-58(57)70(64)45-34-30-40(31-35-45)46-23-15-24-52-51-22-9-14-29-59(51)71-60(46)52/h1-39H. The minimum atomic E-state index is -0.641. The minimum absolute atomic E-state index is 0.626. The van der Waals surface area contributed by atoms with Crippen molar-refractivity contribution in [3.05, 3.63) is 259 Å². The summed E-state index contributed by atoms with van der Waals surface area (Å²) in [6.07, 6.45) is 0. The van der Waals surface area contributed by atoms with Gasteiger partial charge in [-0.25, -0.2) is 19.9 Å². The average Bonchev–Trinajstić information content (AvgIpc) is 4.19. The van der Waals surface area contributed by atoms with Crippen LogP contribution in [0.5, 0.6) is 0 Å². The van der Waals surface area contributed by atoms with E-state index in [-0.39, 0.29) is 0 Å². The summed E-state index contributed by atoms with van der Waals surface area (Å²) in [5, 5.41) is 2.24. The van der Waals surface area contributed by atoms with Crippen LogP contribution in [0.3, 0.4) is 0 Å². The zero-order valence-electron chi connectivity index (χ0n) is 38.2. The van der Waals surface area contributed by atoms with Crippen molar-refractivity contribution >= 4 is 33.0 Å². The first-order valence-electron chi connectivity index (χ1n) is 24.0. The Hall–Kier alpha value is -9.52. The number of para-hydroxylation sites is 4. The Bertz CT molecular complexity index is 4180. The molecule has 0 bridgehead atoms. The first-order valence-corrected chi connectivity index (χ1v) is 24.0. The number of furan rings is 1. The molecule has 1 spiro atoms. The van der Waals surface area contributed by atoms with E-state index in [4.69, 9.17) is 24.4 Å². The van der Waals surface area contributed by atoms with Crippen molar-refractivity contribution in [2.75, 3.05) is 0 Å². The second-order valence-electron chi connectivity index (χ2n) is 18.5. The predicted molar refractivity (Wildman–Crippen MR) is 285 cm³/mol. The summed E-state index contributed by atoms with van der Waals surface area (Å²) >= 11 is 0. The SMILES string of the molecule is c1ccc(-c2nc(-c3ccccc3)nc(-c3ccc4c(c3)C3(c5ccccc5-c5ccccc53)c3cc(-c5nc6ccccc6n5-c5ccc(-c6cccc7c6oc6ccccc67)cc5)ccc3-4)n2)cc1. The summed E-state index contributed by atoms with van der Waals surface area (Å²) in [4.78, 5) is 20.8. The summed E-state index contributed by atoms with van der Waals surface area (Å²) in [5.74, 6) is 2.77. The van der Waals surface area contributed by atoms with Crippen LogP contribution in [0.25, 0.3) is 118 Å². The lowest BCUT2D eigenvalue weighted by Crippen LogP contribution is -2.26. The molecule has 15 rings (SSSR count). The van der Waals surface area contributed by atoms with Crippen molar-refractivity contribution < 1.29 is 4.42 Å². The first kappa shape index (κ1) is 39.5. The van der Waals surface area contributed by atoms with Gasteiger partial charge < -0.3 is 4.42 Å². The lowest BCUT2D eigenvalue weighted by molar-refractivity contribution is 0.670. The van der Waals surface area contributed by atoms with Crippen molar-refractivity contribution in [1.29, 1.82) is 0 Å². The van der Waals surface area contributed by atoms with Gasteiger partial charge in [0.1, 0.15) is 17.0 Å². The number of benzene rings is 10. The van der Waals surface area contributed by atoms with Crippen LogP contribution in [-0.4, -0.2) is 24.5 Å². The highest BCUT2D eigenvalue weighted by molar-refractivity contribution is 6.09. The van der Waals surface area contributed by atoms with Crippen molar-refractivity contribution in [3.8, 4) is 84.6 Å². The van der Waals surface area contributed by atoms with Gasteiger partial charge in [-0.2, -0.15) is 0 Å². The van der Waals surface area contributed by atoms with Crippen molar-refractivity contribution in [3.63, 3.8) is 0 Å². The van der Waals surface area contributed by atoms with Gasteiger partial charge in [0, 0.05) is 44.3 Å². The summed E-state index contributed by atoms with van der Waals surface area (Å²) in [7, 11) is 0. The maximum Gasteiger partial charge on any atom is 0.164 e. The molecule has 0 amide bonds. The Kier molecular flexibility index (Phi) is 8.47. The Labute approximate surface area is 408 Å². The normalized spacial score (nSPS) is 12.9. The summed E-state index contributed by atoms with van der Waals surface area (Å²) in [6, 6.07) is 83.9. The van der Waals surface area contributed by atoms with Gasteiger partial charge in [-0.3, -0.25) is 4.57 Å². The molecule has 6 nitrogen and oxygen atoms in total. The lowest BCUT2D eigenvalue weighted by Gasteiger charge is -2.31. The third-order valence-electron chi connectivity index (χ3n) is 14.7. The zero-order valence-corrected chi connectivity index (χ0v) is 38.2. The average molecular weight is 906 g/mol. The van der Waals surface area contributed by atoms with Gasteiger partial charge in [0.15, 0.2) is 17.5 Å². The molecular formula is C65H39N5O. The van der Waals surface area contributed by atoms with Crippen molar-refractivity contribution in [1.82, 2.24) is 24.5 Å². The fraction of sp³-hybridized carbons (Fsp3) is 0.0154. The highest BCUT2D eigenvalue weighted by Crippen LogP contribution is 2.63. The molecule has 2 aliphatic rings. The summed E-state index contributed by atoms with van der Waals surface area (Å²) in [5.41, 5.74) is 19.9. The number of hydrogen-bond acceptors (Lipinski definition) is 5. The van der Waals surface area contributed by atoms with Crippen LogP contribution in [0, 0.1) is 0 Å². The molecule has 2 aliphatic carbocycles. The van der Waals surface area contributed by atoms with Gasteiger partial charge in [-0.05, 0) is 92.5 Å². The Morgan fingerprint density at radius 3 is 1.54 bits per heavy atom. The number of nitrogens with zero attached hydrogens (tertiary/aromatic N) is 5. The monoisotopic (exact) mass is 905 g/mol. The van der Waals surface area contributed by atoms with Gasteiger partial charge in [0.25, 0.3) is 0 Å². The molecule has 6 heteroatoms. The van der Waals surface area contributed by atoms with Crippen LogP contribution in [-0.2, 0) is 5.41 Å². The van der Waals surface area contributed by atoms with E-state index in [9.17, 15) is 0 Å². The van der Waals surface area contributed by atoms with Gasteiger partial charge in [-0.1, -0.05) is 194 Å². The molecule has 71 heavy (non-hydrogen) atoms. The molecule has 0 radical (unpaired) electrons. The number of hydrogen-bond donors (Lipinski definition) is 0. The van der Waals surface area contributed by atoms with E-state index in [1.165, 1.54) is 44.5 Å². The van der Waals surface area contributed by atoms with E-state index in [0.717, 1.165) is 77.9 Å². The van der Waals surface area contributed by atoms with Crippen LogP contribution in [0.15, 0.2) is 241 Å². The third-order valence-corrected chi connectivity index (χ3v) is 14.7. The molecule has 0 N–H and O–H groups in total. The van der Waals surface area contributed by atoms with E-state index in [1.54, 1.807) is 0 Å². The van der Waals surface area contributed by atoms with Gasteiger partial charge in [0.05, 0.1) is 16.4 Å². The molecule has 0 aliphatic heterocycles. The van der Waals surface area contributed by atoms with Crippen LogP contribution in [0.1, 0.15) is 22.3 Å². The topological polar surface area (TPSA) is 69.6 Å². The van der Waals surface area contributed by atoms with E-state index < -0.39 is 5.41 Å². The highest BCUT2D eigenvalue weighted by Gasteiger charge is 2.52. The van der Waals surface area contributed by atoms with Crippen molar-refractivity contribution in [2.24, 2.45) is 0 Å².